The van der Waals surface area contributed by atoms with Crippen LogP contribution in [0.15, 0.2) is 42.2 Å². The Morgan fingerprint density at radius 3 is 2.68 bits per heavy atom. The SMILES string of the molecule is Cn1cncc1-c1nc(-c2ccc(C#N)cc2)cs1. The Kier molecular flexibility index (Phi) is 2.86. The van der Waals surface area contributed by atoms with Gasteiger partial charge in [-0.05, 0) is 12.1 Å². The molecule has 0 atom stereocenters. The molecule has 1 aromatic carbocycles. The molecule has 0 aliphatic carbocycles. The number of aromatic nitrogens is 3. The van der Waals surface area contributed by atoms with E-state index >= 15 is 0 Å². The van der Waals surface area contributed by atoms with Gasteiger partial charge in [0.1, 0.15) is 5.01 Å². The first-order chi connectivity index (χ1) is 9.28. The number of thiazole rings is 1. The largest absolute Gasteiger partial charge is 0.332 e. The second kappa shape index (κ2) is 4.67. The van der Waals surface area contributed by atoms with Gasteiger partial charge in [0, 0.05) is 18.0 Å². The Balaban J connectivity index is 1.97. The maximum atomic E-state index is 8.79. The van der Waals surface area contributed by atoms with Crippen molar-refractivity contribution < 1.29 is 0 Å². The summed E-state index contributed by atoms with van der Waals surface area (Å²) in [6.45, 7) is 0. The number of imidazole rings is 1. The molecule has 0 amide bonds. The third kappa shape index (κ3) is 2.14. The van der Waals surface area contributed by atoms with E-state index in [2.05, 4.69) is 16.0 Å². The molecule has 2 heterocycles. The van der Waals surface area contributed by atoms with E-state index in [1.165, 1.54) is 0 Å². The Morgan fingerprint density at radius 2 is 2.05 bits per heavy atom. The molecule has 5 heteroatoms. The van der Waals surface area contributed by atoms with Gasteiger partial charge in [-0.1, -0.05) is 12.1 Å². The molecular formula is C14H10N4S. The van der Waals surface area contributed by atoms with Crippen molar-refractivity contribution in [1.29, 1.82) is 5.26 Å². The van der Waals surface area contributed by atoms with Crippen molar-refractivity contribution >= 4 is 11.3 Å². The predicted octanol–water partition coefficient (Wildman–Crippen LogP) is 3.08. The highest BCUT2D eigenvalue weighted by Crippen LogP contribution is 2.28. The average molecular weight is 266 g/mol. The topological polar surface area (TPSA) is 54.5 Å². The monoisotopic (exact) mass is 266 g/mol. The number of aryl methyl sites for hydroxylation is 1. The summed E-state index contributed by atoms with van der Waals surface area (Å²) in [5, 5.41) is 11.7. The Labute approximate surface area is 114 Å². The van der Waals surface area contributed by atoms with E-state index in [0.29, 0.717) is 5.56 Å². The minimum Gasteiger partial charge on any atom is -0.332 e. The highest BCUT2D eigenvalue weighted by molar-refractivity contribution is 7.13. The summed E-state index contributed by atoms with van der Waals surface area (Å²) in [5.41, 5.74) is 3.60. The number of rotatable bonds is 2. The quantitative estimate of drug-likeness (QED) is 0.716. The third-order valence-corrected chi connectivity index (χ3v) is 3.71. The van der Waals surface area contributed by atoms with Gasteiger partial charge in [0.25, 0.3) is 0 Å². The van der Waals surface area contributed by atoms with Crippen molar-refractivity contribution in [3.05, 3.63) is 47.7 Å². The molecule has 0 aliphatic heterocycles. The van der Waals surface area contributed by atoms with Gasteiger partial charge >= 0.3 is 0 Å². The Morgan fingerprint density at radius 1 is 1.26 bits per heavy atom. The molecule has 4 nitrogen and oxygen atoms in total. The minimum absolute atomic E-state index is 0.658. The van der Waals surface area contributed by atoms with Crippen LogP contribution in [0.4, 0.5) is 0 Å². The second-order valence-corrected chi connectivity index (χ2v) is 4.97. The smallest absolute Gasteiger partial charge is 0.142 e. The molecule has 0 unspecified atom stereocenters. The molecule has 0 N–H and O–H groups in total. The Bertz CT molecular complexity index is 746. The standard InChI is InChI=1S/C14H10N4S/c1-18-9-16-7-13(18)14-17-12(8-19-14)11-4-2-10(6-15)3-5-11/h2-5,7-9H,1H3. The molecule has 0 radical (unpaired) electrons. The van der Waals surface area contributed by atoms with E-state index in [0.717, 1.165) is 22.0 Å². The van der Waals surface area contributed by atoms with Gasteiger partial charge in [-0.25, -0.2) is 9.97 Å². The van der Waals surface area contributed by atoms with Crippen LogP contribution < -0.4 is 0 Å². The summed E-state index contributed by atoms with van der Waals surface area (Å²) in [6.07, 6.45) is 3.57. The molecular weight excluding hydrogens is 256 g/mol. The van der Waals surface area contributed by atoms with Gasteiger partial charge in [-0.15, -0.1) is 11.3 Å². The maximum absolute atomic E-state index is 8.79. The summed E-state index contributed by atoms with van der Waals surface area (Å²) in [6, 6.07) is 9.55. The molecule has 2 aromatic heterocycles. The molecule has 0 aliphatic rings. The fourth-order valence-corrected chi connectivity index (χ4v) is 2.68. The molecule has 3 aromatic rings. The van der Waals surface area contributed by atoms with Gasteiger partial charge in [0.05, 0.1) is 35.5 Å². The number of hydrogen-bond donors (Lipinski definition) is 0. The van der Waals surface area contributed by atoms with Crippen LogP contribution in [0.2, 0.25) is 0 Å². The van der Waals surface area contributed by atoms with Gasteiger partial charge in [-0.2, -0.15) is 5.26 Å². The van der Waals surface area contributed by atoms with Gasteiger partial charge in [0.2, 0.25) is 0 Å². The van der Waals surface area contributed by atoms with Crippen LogP contribution in [-0.4, -0.2) is 14.5 Å². The number of hydrogen-bond acceptors (Lipinski definition) is 4. The predicted molar refractivity (Wildman–Crippen MR) is 74.5 cm³/mol. The van der Waals surface area contributed by atoms with Crippen LogP contribution in [0.5, 0.6) is 0 Å². The van der Waals surface area contributed by atoms with Crippen LogP contribution >= 0.6 is 11.3 Å². The molecule has 19 heavy (non-hydrogen) atoms. The summed E-state index contributed by atoms with van der Waals surface area (Å²) in [5.74, 6) is 0. The van der Waals surface area contributed by atoms with Crippen molar-refractivity contribution in [3.63, 3.8) is 0 Å². The van der Waals surface area contributed by atoms with Crippen LogP contribution in [0.1, 0.15) is 5.56 Å². The first-order valence-electron chi connectivity index (χ1n) is 5.70. The normalized spacial score (nSPS) is 10.3. The van der Waals surface area contributed by atoms with Crippen LogP contribution in [0.3, 0.4) is 0 Å². The summed E-state index contributed by atoms with van der Waals surface area (Å²) in [4.78, 5) is 8.71. The Hall–Kier alpha value is -2.45. The minimum atomic E-state index is 0.658. The lowest BCUT2D eigenvalue weighted by Crippen LogP contribution is -1.88. The van der Waals surface area contributed by atoms with Crippen LogP contribution in [-0.2, 0) is 7.05 Å². The van der Waals surface area contributed by atoms with E-state index < -0.39 is 0 Å². The van der Waals surface area contributed by atoms with Gasteiger partial charge in [-0.3, -0.25) is 0 Å². The molecule has 3 rings (SSSR count). The van der Waals surface area contributed by atoms with Gasteiger partial charge < -0.3 is 4.57 Å². The van der Waals surface area contributed by atoms with E-state index in [1.807, 2.05) is 29.1 Å². The lowest BCUT2D eigenvalue weighted by Gasteiger charge is -1.97. The lowest BCUT2D eigenvalue weighted by molar-refractivity contribution is 0.920. The van der Waals surface area contributed by atoms with E-state index in [1.54, 1.807) is 36.0 Å². The van der Waals surface area contributed by atoms with Crippen LogP contribution in [0, 0.1) is 11.3 Å². The zero-order valence-electron chi connectivity index (χ0n) is 10.2. The maximum Gasteiger partial charge on any atom is 0.142 e. The number of benzene rings is 1. The highest BCUT2D eigenvalue weighted by Gasteiger charge is 2.09. The highest BCUT2D eigenvalue weighted by atomic mass is 32.1. The van der Waals surface area contributed by atoms with Crippen LogP contribution in [0.25, 0.3) is 22.0 Å². The zero-order chi connectivity index (χ0) is 13.2. The zero-order valence-corrected chi connectivity index (χ0v) is 11.1. The summed E-state index contributed by atoms with van der Waals surface area (Å²) in [7, 11) is 1.95. The lowest BCUT2D eigenvalue weighted by atomic mass is 10.1. The van der Waals surface area contributed by atoms with Gasteiger partial charge in [0.15, 0.2) is 0 Å². The first kappa shape index (κ1) is 11.6. The van der Waals surface area contributed by atoms with Crippen molar-refractivity contribution in [2.45, 2.75) is 0 Å². The number of nitrogens with zero attached hydrogens (tertiary/aromatic N) is 4. The van der Waals surface area contributed by atoms with Crippen molar-refractivity contribution in [3.8, 4) is 28.0 Å². The van der Waals surface area contributed by atoms with Crippen molar-refractivity contribution in [2.24, 2.45) is 7.05 Å². The molecule has 0 fully saturated rings. The molecule has 0 spiro atoms. The third-order valence-electron chi connectivity index (χ3n) is 2.85. The summed E-state index contributed by atoms with van der Waals surface area (Å²) >= 11 is 1.59. The second-order valence-electron chi connectivity index (χ2n) is 4.12. The number of nitriles is 1. The molecule has 0 bridgehead atoms. The van der Waals surface area contributed by atoms with E-state index in [4.69, 9.17) is 5.26 Å². The fourth-order valence-electron chi connectivity index (χ4n) is 1.80. The fraction of sp³-hybridized carbons (Fsp3) is 0.0714. The van der Waals surface area contributed by atoms with E-state index in [-0.39, 0.29) is 0 Å². The van der Waals surface area contributed by atoms with Crippen molar-refractivity contribution in [1.82, 2.24) is 14.5 Å². The van der Waals surface area contributed by atoms with E-state index in [9.17, 15) is 0 Å². The average Bonchev–Trinajstić information content (AvgIpc) is 3.07. The molecule has 0 saturated carbocycles. The summed E-state index contributed by atoms with van der Waals surface area (Å²) < 4.78 is 1.95. The first-order valence-corrected chi connectivity index (χ1v) is 6.58. The molecule has 0 saturated heterocycles. The van der Waals surface area contributed by atoms with Crippen molar-refractivity contribution in [2.75, 3.05) is 0 Å². The molecule has 92 valence electrons.